The van der Waals surface area contributed by atoms with Crippen LogP contribution in [0, 0.1) is 0 Å². The molecule has 0 fully saturated rings. The lowest BCUT2D eigenvalue weighted by molar-refractivity contribution is -0.112. The molecular formula is C6H4N2O8S2. The molecule has 0 saturated heterocycles. The number of carbonyl (C=O) groups excluding carboxylic acids is 2. The van der Waals surface area contributed by atoms with Gasteiger partial charge >= 0.3 is 10.1 Å². The van der Waals surface area contributed by atoms with E-state index in [1.54, 1.807) is 10.3 Å². The second-order valence-electron chi connectivity index (χ2n) is 3.27. The molecule has 2 rings (SSSR count). The first-order valence-electron chi connectivity index (χ1n) is 4.10. The van der Waals surface area contributed by atoms with Gasteiger partial charge in [0.25, 0.3) is 21.8 Å². The van der Waals surface area contributed by atoms with Crippen LogP contribution < -0.4 is 5.32 Å². The number of H-pyrrole nitrogens is 1. The molecule has 1 amide bonds. The molecule has 1 aliphatic heterocycles. The smallest absolute Gasteiger partial charge is 0.311 e. The van der Waals surface area contributed by atoms with Gasteiger partial charge in [0.15, 0.2) is 9.92 Å². The second kappa shape index (κ2) is 3.38. The molecular weight excluding hydrogens is 292 g/mol. The normalized spacial score (nSPS) is 15.7. The van der Waals surface area contributed by atoms with Crippen LogP contribution in [0.25, 0.3) is 0 Å². The van der Waals surface area contributed by atoms with E-state index in [-0.39, 0.29) is 0 Å². The number of amides is 1. The maximum absolute atomic E-state index is 11.2. The van der Waals surface area contributed by atoms with Crippen molar-refractivity contribution < 1.29 is 35.5 Å². The highest BCUT2D eigenvalue weighted by atomic mass is 32.2. The summed E-state index contributed by atoms with van der Waals surface area (Å²) in [7, 11) is -10.1. The Kier molecular flexibility index (Phi) is 2.38. The molecule has 2 heterocycles. The highest BCUT2D eigenvalue weighted by Crippen LogP contribution is 2.35. The molecule has 0 spiro atoms. The third-order valence-electron chi connectivity index (χ3n) is 2.11. The van der Waals surface area contributed by atoms with Crippen molar-refractivity contribution in [2.75, 3.05) is 5.32 Å². The fourth-order valence-electron chi connectivity index (χ4n) is 1.46. The summed E-state index contributed by atoms with van der Waals surface area (Å²) in [6.45, 7) is 0. The van der Waals surface area contributed by atoms with Crippen molar-refractivity contribution in [3.8, 4) is 0 Å². The standard InChI is InChI=1S/C6H4N2O8S2/c9-3-1-2(7-5(3)10)4(17(11,12)13)6(8-1)18(14,15)16/h8H,(H,7,9,10)(H,11,12,13)(H,14,15,16). The minimum absolute atomic E-state index is 0.666. The molecule has 18 heavy (non-hydrogen) atoms. The SMILES string of the molecule is O=C1Nc2c([nH]c(S(=O)(=O)O)c2S(=O)(=O)O)C1=O. The molecule has 0 aromatic carbocycles. The van der Waals surface area contributed by atoms with Gasteiger partial charge in [0.2, 0.25) is 0 Å². The fourth-order valence-corrected chi connectivity index (χ4v) is 3.36. The van der Waals surface area contributed by atoms with Gasteiger partial charge in [-0.15, -0.1) is 0 Å². The number of aromatic amines is 1. The van der Waals surface area contributed by atoms with Gasteiger partial charge in [-0.2, -0.15) is 16.8 Å². The Morgan fingerprint density at radius 2 is 1.50 bits per heavy atom. The summed E-state index contributed by atoms with van der Waals surface area (Å²) >= 11 is 0. The Hall–Kier alpha value is -1.76. The largest absolute Gasteiger partial charge is 0.338 e. The van der Waals surface area contributed by atoms with Crippen molar-refractivity contribution in [2.45, 2.75) is 9.92 Å². The van der Waals surface area contributed by atoms with Crippen molar-refractivity contribution in [1.29, 1.82) is 0 Å². The maximum Gasteiger partial charge on any atom is 0.311 e. The van der Waals surface area contributed by atoms with E-state index >= 15 is 0 Å². The van der Waals surface area contributed by atoms with Gasteiger partial charge in [-0.05, 0) is 0 Å². The molecule has 1 aromatic heterocycles. The van der Waals surface area contributed by atoms with Gasteiger partial charge in [0, 0.05) is 0 Å². The molecule has 0 unspecified atom stereocenters. The zero-order valence-corrected chi connectivity index (χ0v) is 9.79. The van der Waals surface area contributed by atoms with Crippen LogP contribution in [0.3, 0.4) is 0 Å². The van der Waals surface area contributed by atoms with Crippen LogP contribution in [0.4, 0.5) is 5.69 Å². The fraction of sp³-hybridized carbons (Fsp3) is 0. The molecule has 1 aromatic rings. The summed E-state index contributed by atoms with van der Waals surface area (Å²) in [6, 6.07) is 0. The molecule has 1 aliphatic rings. The summed E-state index contributed by atoms with van der Waals surface area (Å²) < 4.78 is 61.6. The minimum Gasteiger partial charge on any atom is -0.338 e. The predicted molar refractivity (Wildman–Crippen MR) is 53.4 cm³/mol. The number of carbonyl (C=O) groups is 2. The highest BCUT2D eigenvalue weighted by molar-refractivity contribution is 7.89. The second-order valence-corrected chi connectivity index (χ2v) is 5.98. The quantitative estimate of drug-likeness (QED) is 0.383. The Morgan fingerprint density at radius 3 is 1.94 bits per heavy atom. The molecule has 0 radical (unpaired) electrons. The molecule has 10 nitrogen and oxygen atoms in total. The molecule has 12 heteroatoms. The summed E-state index contributed by atoms with van der Waals surface area (Å²) in [5.41, 5.74) is -1.37. The van der Waals surface area contributed by atoms with E-state index in [4.69, 9.17) is 9.11 Å². The average molecular weight is 296 g/mol. The third-order valence-corrected chi connectivity index (χ3v) is 3.99. The number of rotatable bonds is 2. The average Bonchev–Trinajstić information content (AvgIpc) is 2.64. The van der Waals surface area contributed by atoms with Crippen LogP contribution in [-0.2, 0) is 25.0 Å². The number of nitrogens with one attached hydrogen (secondary N) is 2. The van der Waals surface area contributed by atoms with Crippen LogP contribution >= 0.6 is 0 Å². The summed E-state index contributed by atoms with van der Waals surface area (Å²) in [4.78, 5) is 22.7. The highest BCUT2D eigenvalue weighted by Gasteiger charge is 2.41. The van der Waals surface area contributed by atoms with E-state index < -0.39 is 53.2 Å². The maximum atomic E-state index is 11.2. The molecule has 0 bridgehead atoms. The van der Waals surface area contributed by atoms with Gasteiger partial charge in [0.05, 0.1) is 5.69 Å². The summed E-state index contributed by atoms with van der Waals surface area (Å²) in [5.74, 6) is -2.41. The number of fused-ring (bicyclic) bond motifs is 1. The van der Waals surface area contributed by atoms with Crippen molar-refractivity contribution in [3.05, 3.63) is 5.69 Å². The number of hydrogen-bond donors (Lipinski definition) is 4. The third kappa shape index (κ3) is 1.71. The lowest BCUT2D eigenvalue weighted by Gasteiger charge is -2.00. The van der Waals surface area contributed by atoms with Crippen molar-refractivity contribution in [2.24, 2.45) is 0 Å². The van der Waals surface area contributed by atoms with E-state index in [9.17, 15) is 26.4 Å². The van der Waals surface area contributed by atoms with Crippen LogP contribution in [0.15, 0.2) is 9.92 Å². The first kappa shape index (κ1) is 12.7. The minimum atomic E-state index is -5.08. The van der Waals surface area contributed by atoms with Crippen molar-refractivity contribution in [1.82, 2.24) is 4.98 Å². The van der Waals surface area contributed by atoms with Crippen LogP contribution in [-0.4, -0.2) is 42.6 Å². The van der Waals surface area contributed by atoms with Crippen molar-refractivity contribution in [3.63, 3.8) is 0 Å². The number of hydrogen-bond acceptors (Lipinski definition) is 6. The van der Waals surface area contributed by atoms with Crippen LogP contribution in [0.1, 0.15) is 10.5 Å². The van der Waals surface area contributed by atoms with Gasteiger partial charge in [-0.25, -0.2) is 0 Å². The molecule has 0 aliphatic carbocycles. The van der Waals surface area contributed by atoms with Crippen LogP contribution in [0.5, 0.6) is 0 Å². The Bertz CT molecular complexity index is 784. The molecule has 0 saturated carbocycles. The molecule has 0 atom stereocenters. The van der Waals surface area contributed by atoms with Crippen molar-refractivity contribution >= 4 is 37.6 Å². The van der Waals surface area contributed by atoms with Gasteiger partial charge < -0.3 is 10.3 Å². The summed E-state index contributed by atoms with van der Waals surface area (Å²) in [5, 5.41) is 0.492. The molecule has 4 N–H and O–H groups in total. The van der Waals surface area contributed by atoms with Crippen LogP contribution in [0.2, 0.25) is 0 Å². The number of ketones is 1. The lowest BCUT2D eigenvalue weighted by Crippen LogP contribution is -2.16. The van der Waals surface area contributed by atoms with E-state index in [0.29, 0.717) is 0 Å². The number of anilines is 1. The van der Waals surface area contributed by atoms with E-state index in [1.165, 1.54) is 0 Å². The summed E-state index contributed by atoms with van der Waals surface area (Å²) in [6.07, 6.45) is 0. The predicted octanol–water partition coefficient (Wildman–Crippen LogP) is -1.36. The monoisotopic (exact) mass is 296 g/mol. The Morgan fingerprint density at radius 1 is 0.944 bits per heavy atom. The topological polar surface area (TPSA) is 171 Å². The Labute approximate surface area is 99.5 Å². The van der Waals surface area contributed by atoms with E-state index in [2.05, 4.69) is 0 Å². The lowest BCUT2D eigenvalue weighted by atomic mass is 10.3. The zero-order chi connectivity index (χ0) is 13.9. The first-order valence-corrected chi connectivity index (χ1v) is 6.98. The Balaban J connectivity index is 2.91. The zero-order valence-electron chi connectivity index (χ0n) is 8.16. The van der Waals surface area contributed by atoms with Gasteiger partial charge in [-0.3, -0.25) is 18.7 Å². The van der Waals surface area contributed by atoms with E-state index in [0.717, 1.165) is 0 Å². The van der Waals surface area contributed by atoms with Gasteiger partial charge in [-0.1, -0.05) is 0 Å². The van der Waals surface area contributed by atoms with E-state index in [1.807, 2.05) is 0 Å². The first-order chi connectivity index (χ1) is 8.03. The number of aromatic nitrogens is 1. The van der Waals surface area contributed by atoms with Gasteiger partial charge in [0.1, 0.15) is 5.69 Å². The molecule has 98 valence electrons. The number of Topliss-reactive ketones (excluding diaryl/α,β-unsaturated/α-hetero) is 1.